The minimum absolute atomic E-state index is 0.0152. The van der Waals surface area contributed by atoms with Crippen molar-refractivity contribution in [1.82, 2.24) is 4.90 Å². The number of thiophene rings is 1. The Morgan fingerprint density at radius 2 is 1.51 bits per heavy atom. The lowest BCUT2D eigenvalue weighted by Gasteiger charge is -2.21. The fourth-order valence-electron chi connectivity index (χ4n) is 3.93. The monoisotopic (exact) mass is 520 g/mol. The Morgan fingerprint density at radius 3 is 2.11 bits per heavy atom. The molecule has 0 fully saturated rings. The number of fused-ring (bicyclic) bond motifs is 1. The van der Waals surface area contributed by atoms with E-state index in [2.05, 4.69) is 5.32 Å². The van der Waals surface area contributed by atoms with Crippen molar-refractivity contribution < 1.29 is 33.4 Å². The van der Waals surface area contributed by atoms with Gasteiger partial charge in [0, 0.05) is 0 Å². The highest BCUT2D eigenvalue weighted by molar-refractivity contribution is 7.18. The van der Waals surface area contributed by atoms with E-state index in [4.69, 9.17) is 9.47 Å². The van der Waals surface area contributed by atoms with Crippen LogP contribution in [0.15, 0.2) is 54.6 Å². The number of hydrogen-bond acceptors (Lipinski definition) is 8. The van der Waals surface area contributed by atoms with Gasteiger partial charge in [0.25, 0.3) is 11.8 Å². The number of ether oxygens (including phenoxy) is 2. The summed E-state index contributed by atoms with van der Waals surface area (Å²) in [4.78, 5) is 65.3. The molecule has 1 atom stereocenters. The Morgan fingerprint density at radius 1 is 0.919 bits per heavy atom. The highest BCUT2D eigenvalue weighted by Gasteiger charge is 2.41. The first-order chi connectivity index (χ1) is 17.7. The first-order valence-electron chi connectivity index (χ1n) is 11.5. The Bertz CT molecular complexity index is 1360. The van der Waals surface area contributed by atoms with Crippen LogP contribution in [-0.4, -0.2) is 47.2 Å². The molecule has 0 radical (unpaired) electrons. The van der Waals surface area contributed by atoms with E-state index in [0.717, 1.165) is 21.8 Å². The predicted molar refractivity (Wildman–Crippen MR) is 136 cm³/mol. The number of carbonyl (C=O) groups is 5. The van der Waals surface area contributed by atoms with Crippen molar-refractivity contribution in [2.75, 3.05) is 11.9 Å². The molecule has 4 rings (SSSR count). The van der Waals surface area contributed by atoms with Crippen LogP contribution in [0.25, 0.3) is 0 Å². The van der Waals surface area contributed by atoms with Crippen LogP contribution < -0.4 is 5.32 Å². The summed E-state index contributed by atoms with van der Waals surface area (Å²) in [5, 5.41) is 2.67. The second-order valence-electron chi connectivity index (χ2n) is 8.23. The number of hydrogen-bond donors (Lipinski definition) is 1. The molecule has 3 amide bonds. The van der Waals surface area contributed by atoms with E-state index < -0.39 is 35.7 Å². The van der Waals surface area contributed by atoms with E-state index in [1.54, 1.807) is 26.0 Å². The van der Waals surface area contributed by atoms with Gasteiger partial charge in [-0.15, -0.1) is 11.3 Å². The lowest BCUT2D eigenvalue weighted by molar-refractivity contribution is -0.119. The number of benzene rings is 2. The predicted octanol–water partition coefficient (Wildman–Crippen LogP) is 4.21. The minimum atomic E-state index is -1.18. The summed E-state index contributed by atoms with van der Waals surface area (Å²) in [5.41, 5.74) is 1.54. The highest BCUT2D eigenvalue weighted by atomic mass is 32.1. The number of amides is 3. The molecule has 3 aromatic rings. The molecule has 0 aliphatic carbocycles. The standard InChI is InChI=1S/C27H24N2O7S/c1-4-35-26(33)20-15(2)21(27(34)36-14-17-10-6-5-7-11-17)37-23(20)28-22(30)16(3)29-24(31)18-12-8-9-13-19(18)25(29)32/h5-13,16H,4,14H2,1-3H3,(H,28,30). The molecule has 9 nitrogen and oxygen atoms in total. The molecular formula is C27H24N2O7S. The van der Waals surface area contributed by atoms with Gasteiger partial charge in [-0.1, -0.05) is 42.5 Å². The number of carbonyl (C=O) groups excluding carboxylic acids is 5. The molecule has 1 aliphatic heterocycles. The fraction of sp³-hybridized carbons (Fsp3) is 0.222. The largest absolute Gasteiger partial charge is 0.462 e. The Labute approximate surface area is 217 Å². The molecule has 2 aromatic carbocycles. The van der Waals surface area contributed by atoms with Gasteiger partial charge in [0.05, 0.1) is 23.3 Å². The molecule has 2 heterocycles. The molecule has 1 aliphatic rings. The molecule has 37 heavy (non-hydrogen) atoms. The van der Waals surface area contributed by atoms with Crippen LogP contribution in [0.4, 0.5) is 5.00 Å². The van der Waals surface area contributed by atoms with Gasteiger partial charge in [0.1, 0.15) is 22.5 Å². The number of rotatable bonds is 8. The van der Waals surface area contributed by atoms with E-state index >= 15 is 0 Å². The Hall–Kier alpha value is -4.31. The Balaban J connectivity index is 1.57. The van der Waals surface area contributed by atoms with Crippen molar-refractivity contribution in [2.45, 2.75) is 33.4 Å². The molecular weight excluding hydrogens is 496 g/mol. The molecule has 1 N–H and O–H groups in total. The van der Waals surface area contributed by atoms with Gasteiger partial charge in [0.2, 0.25) is 5.91 Å². The van der Waals surface area contributed by atoms with Gasteiger partial charge in [0.15, 0.2) is 0 Å². The maximum absolute atomic E-state index is 13.2. The third-order valence-corrected chi connectivity index (χ3v) is 7.04. The highest BCUT2D eigenvalue weighted by Crippen LogP contribution is 2.35. The second kappa shape index (κ2) is 10.8. The summed E-state index contributed by atoms with van der Waals surface area (Å²) in [6, 6.07) is 14.2. The van der Waals surface area contributed by atoms with Crippen molar-refractivity contribution in [3.63, 3.8) is 0 Å². The summed E-state index contributed by atoms with van der Waals surface area (Å²) in [6.07, 6.45) is 0. The molecule has 0 bridgehead atoms. The van der Waals surface area contributed by atoms with Gasteiger partial charge in [-0.05, 0) is 44.0 Å². The smallest absolute Gasteiger partial charge is 0.349 e. The summed E-state index contributed by atoms with van der Waals surface area (Å²) in [5.74, 6) is -3.25. The maximum atomic E-state index is 13.2. The first kappa shape index (κ1) is 25.8. The van der Waals surface area contributed by atoms with Crippen LogP contribution in [0.1, 0.15) is 65.7 Å². The molecule has 1 unspecified atom stereocenters. The average Bonchev–Trinajstić information content (AvgIpc) is 3.35. The van der Waals surface area contributed by atoms with Crippen LogP contribution in [0.5, 0.6) is 0 Å². The van der Waals surface area contributed by atoms with Gasteiger partial charge in [-0.3, -0.25) is 19.3 Å². The van der Waals surface area contributed by atoms with Crippen molar-refractivity contribution in [2.24, 2.45) is 0 Å². The number of nitrogens with one attached hydrogen (secondary N) is 1. The van der Waals surface area contributed by atoms with E-state index in [0.29, 0.717) is 5.56 Å². The van der Waals surface area contributed by atoms with E-state index in [9.17, 15) is 24.0 Å². The maximum Gasteiger partial charge on any atom is 0.349 e. The Kier molecular flexibility index (Phi) is 7.49. The number of imide groups is 1. The summed E-state index contributed by atoms with van der Waals surface area (Å²) in [7, 11) is 0. The van der Waals surface area contributed by atoms with Crippen LogP contribution in [0.3, 0.4) is 0 Å². The first-order valence-corrected chi connectivity index (χ1v) is 12.4. The van der Waals surface area contributed by atoms with Crippen molar-refractivity contribution >= 4 is 46.0 Å². The van der Waals surface area contributed by atoms with Gasteiger partial charge in [-0.25, -0.2) is 9.59 Å². The van der Waals surface area contributed by atoms with Gasteiger partial charge in [-0.2, -0.15) is 0 Å². The van der Waals surface area contributed by atoms with Crippen LogP contribution in [0, 0.1) is 6.92 Å². The van der Waals surface area contributed by atoms with E-state index in [1.807, 2.05) is 30.3 Å². The zero-order chi connectivity index (χ0) is 26.7. The SMILES string of the molecule is CCOC(=O)c1c(NC(=O)C(C)N2C(=O)c3ccccc3C2=O)sc(C(=O)OCc2ccccc2)c1C. The molecule has 190 valence electrons. The zero-order valence-electron chi connectivity index (χ0n) is 20.4. The molecule has 0 saturated heterocycles. The van der Waals surface area contributed by atoms with Crippen molar-refractivity contribution in [1.29, 1.82) is 0 Å². The number of anilines is 1. The third kappa shape index (κ3) is 5.01. The average molecular weight is 521 g/mol. The summed E-state index contributed by atoms with van der Waals surface area (Å²) < 4.78 is 10.5. The van der Waals surface area contributed by atoms with Crippen LogP contribution in [0.2, 0.25) is 0 Å². The van der Waals surface area contributed by atoms with E-state index in [1.165, 1.54) is 19.1 Å². The molecule has 0 saturated carbocycles. The molecule has 1 aromatic heterocycles. The van der Waals surface area contributed by atoms with Crippen molar-refractivity contribution in [3.05, 3.63) is 87.3 Å². The fourth-order valence-corrected chi connectivity index (χ4v) is 5.02. The number of esters is 2. The lowest BCUT2D eigenvalue weighted by Crippen LogP contribution is -2.45. The second-order valence-corrected chi connectivity index (χ2v) is 9.25. The van der Waals surface area contributed by atoms with Crippen LogP contribution in [-0.2, 0) is 20.9 Å². The number of nitrogens with zero attached hydrogens (tertiary/aromatic N) is 1. The normalized spacial score (nSPS) is 13.2. The molecule has 0 spiro atoms. The minimum Gasteiger partial charge on any atom is -0.462 e. The topological polar surface area (TPSA) is 119 Å². The molecule has 10 heteroatoms. The quantitative estimate of drug-likeness (QED) is 0.349. The summed E-state index contributed by atoms with van der Waals surface area (Å²) in [6.45, 7) is 4.73. The van der Waals surface area contributed by atoms with Crippen LogP contribution >= 0.6 is 11.3 Å². The zero-order valence-corrected chi connectivity index (χ0v) is 21.2. The lowest BCUT2D eigenvalue weighted by atomic mass is 10.1. The van der Waals surface area contributed by atoms with Crippen molar-refractivity contribution in [3.8, 4) is 0 Å². The van der Waals surface area contributed by atoms with Gasteiger partial charge < -0.3 is 14.8 Å². The summed E-state index contributed by atoms with van der Waals surface area (Å²) >= 11 is 0.865. The van der Waals surface area contributed by atoms with Gasteiger partial charge >= 0.3 is 11.9 Å². The third-order valence-electron chi connectivity index (χ3n) is 5.85. The van der Waals surface area contributed by atoms with E-state index in [-0.39, 0.29) is 39.8 Å².